The second-order valence-corrected chi connectivity index (χ2v) is 23.4. The maximum Gasteiger partial charge on any atom is 0.306 e. The van der Waals surface area contributed by atoms with Crippen LogP contribution in [0.2, 0.25) is 0 Å². The van der Waals surface area contributed by atoms with Crippen LogP contribution in [0.1, 0.15) is 361 Å². The van der Waals surface area contributed by atoms with Crippen molar-refractivity contribution in [1.29, 1.82) is 0 Å². The first kappa shape index (κ1) is 76.9. The molecule has 0 fully saturated rings. The molecule has 0 N–H and O–H groups in total. The van der Waals surface area contributed by atoms with Crippen molar-refractivity contribution in [3.63, 3.8) is 0 Å². The molecule has 0 heterocycles. The Hall–Kier alpha value is -3.15. The lowest BCUT2D eigenvalue weighted by atomic mass is 10.0. The number of ether oxygens (including phenoxy) is 3. The number of unbranched alkanes of at least 4 members (excludes halogenated alkanes) is 41. The zero-order valence-corrected chi connectivity index (χ0v) is 53.3. The first-order valence-electron chi connectivity index (χ1n) is 34.9. The smallest absolute Gasteiger partial charge is 0.306 e. The van der Waals surface area contributed by atoms with Crippen LogP contribution in [-0.4, -0.2) is 37.2 Å². The number of allylic oxidation sites excluding steroid dienone is 12. The van der Waals surface area contributed by atoms with Crippen LogP contribution in [0, 0.1) is 0 Å². The lowest BCUT2D eigenvalue weighted by Gasteiger charge is -2.18. The molecule has 6 heteroatoms. The molecule has 0 radical (unpaired) electrons. The van der Waals surface area contributed by atoms with Crippen molar-refractivity contribution >= 4 is 17.9 Å². The lowest BCUT2D eigenvalue weighted by Crippen LogP contribution is -2.30. The van der Waals surface area contributed by atoms with Gasteiger partial charge in [-0.05, 0) is 96.3 Å². The fraction of sp³-hybridized carbons (Fsp3) is 0.797. The van der Waals surface area contributed by atoms with Crippen LogP contribution in [0.4, 0.5) is 0 Å². The normalized spacial score (nSPS) is 12.5. The Morgan fingerprint density at radius 1 is 0.250 bits per heavy atom. The van der Waals surface area contributed by atoms with Crippen LogP contribution >= 0.6 is 0 Å². The highest BCUT2D eigenvalue weighted by atomic mass is 16.6. The van der Waals surface area contributed by atoms with E-state index < -0.39 is 6.10 Å². The van der Waals surface area contributed by atoms with E-state index in [4.69, 9.17) is 14.2 Å². The van der Waals surface area contributed by atoms with Crippen molar-refractivity contribution in [1.82, 2.24) is 0 Å². The van der Waals surface area contributed by atoms with E-state index in [0.717, 1.165) is 96.3 Å². The molecular weight excluding hydrogens is 985 g/mol. The van der Waals surface area contributed by atoms with Crippen molar-refractivity contribution in [2.75, 3.05) is 13.2 Å². The summed E-state index contributed by atoms with van der Waals surface area (Å²) in [4.78, 5) is 38.5. The van der Waals surface area contributed by atoms with Gasteiger partial charge in [0.2, 0.25) is 0 Å². The number of rotatable bonds is 64. The molecular formula is C74H132O6. The number of hydrogen-bond acceptors (Lipinski definition) is 6. The molecule has 80 heavy (non-hydrogen) atoms. The molecule has 0 aliphatic carbocycles. The maximum atomic E-state index is 12.9. The van der Waals surface area contributed by atoms with Gasteiger partial charge in [0.05, 0.1) is 0 Å². The molecule has 6 nitrogen and oxygen atoms in total. The van der Waals surface area contributed by atoms with Gasteiger partial charge in [0.15, 0.2) is 6.10 Å². The summed E-state index contributed by atoms with van der Waals surface area (Å²) in [6.45, 7) is 6.64. The van der Waals surface area contributed by atoms with E-state index in [9.17, 15) is 14.4 Å². The zero-order valence-electron chi connectivity index (χ0n) is 53.3. The average molecular weight is 1120 g/mol. The Balaban J connectivity index is 4.36. The molecule has 464 valence electrons. The lowest BCUT2D eigenvalue weighted by molar-refractivity contribution is -0.167. The number of esters is 3. The third-order valence-corrected chi connectivity index (χ3v) is 15.4. The molecule has 0 aliphatic heterocycles. The molecule has 0 aromatic rings. The average Bonchev–Trinajstić information content (AvgIpc) is 3.46. The van der Waals surface area contributed by atoms with Crippen molar-refractivity contribution in [3.05, 3.63) is 72.9 Å². The topological polar surface area (TPSA) is 78.9 Å². The first-order valence-corrected chi connectivity index (χ1v) is 34.9. The van der Waals surface area contributed by atoms with E-state index in [1.54, 1.807) is 0 Å². The minimum absolute atomic E-state index is 0.0785. The van der Waals surface area contributed by atoms with E-state index in [2.05, 4.69) is 93.7 Å². The van der Waals surface area contributed by atoms with Gasteiger partial charge in [-0.25, -0.2) is 0 Å². The molecule has 0 amide bonds. The molecule has 1 atom stereocenters. The quantitative estimate of drug-likeness (QED) is 0.0261. The second-order valence-electron chi connectivity index (χ2n) is 23.4. The van der Waals surface area contributed by atoms with Gasteiger partial charge < -0.3 is 14.2 Å². The van der Waals surface area contributed by atoms with Gasteiger partial charge in [-0.15, -0.1) is 0 Å². The highest BCUT2D eigenvalue weighted by Crippen LogP contribution is 2.17. The van der Waals surface area contributed by atoms with Gasteiger partial charge in [-0.1, -0.05) is 318 Å². The fourth-order valence-electron chi connectivity index (χ4n) is 10.2. The van der Waals surface area contributed by atoms with Crippen LogP contribution in [-0.2, 0) is 28.6 Å². The molecule has 1 unspecified atom stereocenters. The van der Waals surface area contributed by atoms with Crippen LogP contribution < -0.4 is 0 Å². The van der Waals surface area contributed by atoms with Crippen LogP contribution in [0.15, 0.2) is 72.9 Å². The van der Waals surface area contributed by atoms with Gasteiger partial charge in [0.25, 0.3) is 0 Å². The molecule has 0 rings (SSSR count). The minimum atomic E-state index is -0.785. The fourth-order valence-corrected chi connectivity index (χ4v) is 10.2. The molecule has 0 saturated heterocycles. The molecule has 0 saturated carbocycles. The highest BCUT2D eigenvalue weighted by Gasteiger charge is 2.19. The van der Waals surface area contributed by atoms with Gasteiger partial charge in [-0.3, -0.25) is 14.4 Å². The Labute approximate surface area is 497 Å². The van der Waals surface area contributed by atoms with E-state index in [0.29, 0.717) is 19.3 Å². The monoisotopic (exact) mass is 1120 g/mol. The van der Waals surface area contributed by atoms with Crippen molar-refractivity contribution in [2.24, 2.45) is 0 Å². The summed E-state index contributed by atoms with van der Waals surface area (Å²) >= 11 is 0. The predicted octanol–water partition coefficient (Wildman–Crippen LogP) is 24.1. The third-order valence-electron chi connectivity index (χ3n) is 15.4. The summed E-state index contributed by atoms with van der Waals surface area (Å²) < 4.78 is 17.0. The molecule has 0 aliphatic rings. The Morgan fingerprint density at radius 2 is 0.450 bits per heavy atom. The summed E-state index contributed by atoms with van der Waals surface area (Å²) in [6, 6.07) is 0. The van der Waals surface area contributed by atoms with Crippen molar-refractivity contribution in [3.8, 4) is 0 Å². The number of carbonyl (C=O) groups excluding carboxylic acids is 3. The van der Waals surface area contributed by atoms with Gasteiger partial charge >= 0.3 is 17.9 Å². The molecule has 0 bridgehead atoms. The Morgan fingerprint density at radius 3 is 0.725 bits per heavy atom. The van der Waals surface area contributed by atoms with Gasteiger partial charge in [0, 0.05) is 19.3 Å². The standard InChI is InChI=1S/C74H132O6/c1-4-7-10-13-16-19-22-25-28-31-34-35-36-37-38-39-41-43-46-49-52-55-58-61-64-67-73(76)79-70-71(69-78-72(75)66-63-60-57-54-51-48-45-42-33-30-27-24-21-18-15-12-9-6-3)80-74(77)68-65-62-59-56-53-50-47-44-40-32-29-26-23-20-17-14-11-8-5-2/h17,20,22,25-26,29,31,34,36-37,40,44,71H,4-16,18-19,21,23-24,27-28,30,32-33,35,38-39,41-43,45-70H2,1-3H3/b20-17-,25-22-,29-26-,34-31-,37-36-,44-40-. The highest BCUT2D eigenvalue weighted by molar-refractivity contribution is 5.71. The van der Waals surface area contributed by atoms with Gasteiger partial charge in [0.1, 0.15) is 13.2 Å². The zero-order chi connectivity index (χ0) is 57.8. The Kier molecular flexibility index (Phi) is 65.7. The van der Waals surface area contributed by atoms with E-state index in [1.165, 1.54) is 225 Å². The van der Waals surface area contributed by atoms with Crippen LogP contribution in [0.25, 0.3) is 0 Å². The van der Waals surface area contributed by atoms with E-state index in [1.807, 2.05) is 0 Å². The van der Waals surface area contributed by atoms with E-state index in [-0.39, 0.29) is 31.1 Å². The number of hydrogen-bond donors (Lipinski definition) is 0. The third kappa shape index (κ3) is 65.7. The first-order chi connectivity index (χ1) is 39.5. The molecule has 0 spiro atoms. The SMILES string of the molecule is CCCCC/C=C\C/C=C\C/C=C\CCCCCCCCC(=O)OC(COC(=O)CCCCCCCCCCCC/C=C\C/C=C\C/C=C\CCCCCCC)COC(=O)CCCCCCCCCCCCCCCCCCCC. The van der Waals surface area contributed by atoms with Crippen LogP contribution in [0.5, 0.6) is 0 Å². The molecule has 0 aromatic heterocycles. The minimum Gasteiger partial charge on any atom is -0.462 e. The molecule has 0 aromatic carbocycles. The largest absolute Gasteiger partial charge is 0.462 e. The summed E-state index contributed by atoms with van der Waals surface area (Å²) in [5.41, 5.74) is 0. The van der Waals surface area contributed by atoms with Crippen molar-refractivity contribution in [2.45, 2.75) is 367 Å². The van der Waals surface area contributed by atoms with Crippen molar-refractivity contribution < 1.29 is 28.6 Å². The Bertz CT molecular complexity index is 1470. The summed E-state index contributed by atoms with van der Waals surface area (Å²) in [6.07, 6.45) is 89.1. The van der Waals surface area contributed by atoms with E-state index >= 15 is 0 Å². The summed E-state index contributed by atoms with van der Waals surface area (Å²) in [5.74, 6) is -0.874. The maximum absolute atomic E-state index is 12.9. The summed E-state index contributed by atoms with van der Waals surface area (Å²) in [7, 11) is 0. The van der Waals surface area contributed by atoms with Gasteiger partial charge in [-0.2, -0.15) is 0 Å². The van der Waals surface area contributed by atoms with Crippen LogP contribution in [0.3, 0.4) is 0 Å². The predicted molar refractivity (Wildman–Crippen MR) is 348 cm³/mol. The number of carbonyl (C=O) groups is 3. The second kappa shape index (κ2) is 68.3. The summed E-state index contributed by atoms with van der Waals surface area (Å²) in [5, 5.41) is 0.